The van der Waals surface area contributed by atoms with Crippen LogP contribution < -0.4 is 9.64 Å². The van der Waals surface area contributed by atoms with E-state index in [4.69, 9.17) is 16.3 Å². The first-order valence-corrected chi connectivity index (χ1v) is 10.5. The second-order valence-corrected chi connectivity index (χ2v) is 7.80. The smallest absolute Gasteiger partial charge is 0.301 e. The topological polar surface area (TPSA) is 79.7 Å². The molecule has 1 aromatic heterocycles. The Balaban J connectivity index is 1.86. The van der Waals surface area contributed by atoms with Gasteiger partial charge < -0.3 is 9.84 Å². The van der Waals surface area contributed by atoms with Crippen LogP contribution in [0.5, 0.6) is 5.75 Å². The number of hydrogen-bond acceptors (Lipinski definition) is 6. The molecule has 0 aliphatic carbocycles. The van der Waals surface area contributed by atoms with E-state index in [1.165, 1.54) is 16.2 Å². The van der Waals surface area contributed by atoms with Gasteiger partial charge in [0.2, 0.25) is 0 Å². The van der Waals surface area contributed by atoms with Crippen molar-refractivity contribution in [1.82, 2.24) is 4.98 Å². The van der Waals surface area contributed by atoms with Gasteiger partial charge in [0.05, 0.1) is 18.2 Å². The molecular formula is C22H17ClN2O4S. The van der Waals surface area contributed by atoms with Gasteiger partial charge >= 0.3 is 5.91 Å². The van der Waals surface area contributed by atoms with Crippen LogP contribution in [0.15, 0.2) is 65.7 Å². The summed E-state index contributed by atoms with van der Waals surface area (Å²) < 4.78 is 5.43. The van der Waals surface area contributed by atoms with Gasteiger partial charge in [0.1, 0.15) is 11.5 Å². The number of aromatic nitrogens is 1. The van der Waals surface area contributed by atoms with Crippen molar-refractivity contribution in [3.05, 3.63) is 81.8 Å². The summed E-state index contributed by atoms with van der Waals surface area (Å²) in [7, 11) is 0. The van der Waals surface area contributed by atoms with Crippen LogP contribution >= 0.6 is 22.9 Å². The monoisotopic (exact) mass is 440 g/mol. The molecule has 0 unspecified atom stereocenters. The number of carbonyl (C=O) groups excluding carboxylic acids is 2. The fourth-order valence-electron chi connectivity index (χ4n) is 3.36. The molecule has 1 N–H and O–H groups in total. The van der Waals surface area contributed by atoms with Gasteiger partial charge in [-0.25, -0.2) is 4.98 Å². The van der Waals surface area contributed by atoms with Crippen LogP contribution in [-0.4, -0.2) is 28.4 Å². The molecule has 1 atom stereocenters. The lowest BCUT2D eigenvalue weighted by Crippen LogP contribution is -2.29. The Morgan fingerprint density at radius 2 is 1.87 bits per heavy atom. The molecule has 0 saturated carbocycles. The minimum absolute atomic E-state index is 0.00156. The molecule has 0 radical (unpaired) electrons. The third kappa shape index (κ3) is 3.58. The first-order valence-electron chi connectivity index (χ1n) is 9.20. The van der Waals surface area contributed by atoms with E-state index in [1.807, 2.05) is 6.92 Å². The second kappa shape index (κ2) is 8.30. The van der Waals surface area contributed by atoms with Gasteiger partial charge in [-0.15, -0.1) is 11.3 Å². The zero-order valence-electron chi connectivity index (χ0n) is 15.9. The molecule has 4 rings (SSSR count). The number of rotatable bonds is 5. The molecule has 30 heavy (non-hydrogen) atoms. The van der Waals surface area contributed by atoms with Crippen LogP contribution in [0, 0.1) is 0 Å². The normalized spacial score (nSPS) is 18.1. The standard InChI is InChI=1S/C22H17ClN2O4S/c1-2-29-16-9-5-14(6-10-16)19(26)17-18(13-3-7-15(23)8-4-13)25(21(28)20(17)27)22-24-11-12-30-22/h3-12,18,26H,2H2,1H3/b19-17+/t18-/m0/s1. The molecule has 6 nitrogen and oxygen atoms in total. The zero-order valence-corrected chi connectivity index (χ0v) is 17.5. The molecule has 1 amide bonds. The first-order chi connectivity index (χ1) is 14.5. The number of carbonyl (C=O) groups is 2. The number of amides is 1. The predicted octanol–water partition coefficient (Wildman–Crippen LogP) is 4.82. The van der Waals surface area contributed by atoms with Crippen LogP contribution in [0.1, 0.15) is 24.1 Å². The Morgan fingerprint density at radius 1 is 1.17 bits per heavy atom. The number of aliphatic hydroxyl groups excluding tert-OH is 1. The molecule has 2 aromatic carbocycles. The Bertz CT molecular complexity index is 1110. The van der Waals surface area contributed by atoms with Gasteiger partial charge in [-0.2, -0.15) is 0 Å². The average Bonchev–Trinajstić information content (AvgIpc) is 3.36. The summed E-state index contributed by atoms with van der Waals surface area (Å²) in [6.07, 6.45) is 1.56. The Hall–Kier alpha value is -3.16. The van der Waals surface area contributed by atoms with Crippen LogP contribution in [0.4, 0.5) is 5.13 Å². The number of Topliss-reactive ketones (excluding diaryl/α,β-unsaturated/α-hetero) is 1. The largest absolute Gasteiger partial charge is 0.507 e. The molecule has 0 bridgehead atoms. The quantitative estimate of drug-likeness (QED) is 0.349. The third-order valence-electron chi connectivity index (χ3n) is 4.69. The number of ether oxygens (including phenoxy) is 1. The van der Waals surface area contributed by atoms with Gasteiger partial charge in [0.25, 0.3) is 5.78 Å². The van der Waals surface area contributed by atoms with Crippen LogP contribution in [0.2, 0.25) is 5.02 Å². The number of hydrogen-bond donors (Lipinski definition) is 1. The maximum Gasteiger partial charge on any atom is 0.301 e. The molecule has 2 heterocycles. The number of aliphatic hydroxyl groups is 1. The highest BCUT2D eigenvalue weighted by atomic mass is 35.5. The van der Waals surface area contributed by atoms with E-state index in [0.717, 1.165) is 0 Å². The Kier molecular flexibility index (Phi) is 5.57. The zero-order chi connectivity index (χ0) is 21.3. The molecule has 1 fully saturated rings. The summed E-state index contributed by atoms with van der Waals surface area (Å²) in [5.74, 6) is -1.11. The van der Waals surface area contributed by atoms with Crippen molar-refractivity contribution >= 4 is 45.5 Å². The highest BCUT2D eigenvalue weighted by Crippen LogP contribution is 2.42. The summed E-state index contributed by atoms with van der Waals surface area (Å²) in [5, 5.41) is 13.7. The lowest BCUT2D eigenvalue weighted by Gasteiger charge is -2.23. The van der Waals surface area contributed by atoms with E-state index < -0.39 is 17.7 Å². The second-order valence-electron chi connectivity index (χ2n) is 6.49. The fraction of sp³-hybridized carbons (Fsp3) is 0.136. The van der Waals surface area contributed by atoms with Crippen molar-refractivity contribution in [1.29, 1.82) is 0 Å². The van der Waals surface area contributed by atoms with Crippen LogP contribution in [0.3, 0.4) is 0 Å². The van der Waals surface area contributed by atoms with Crippen molar-refractivity contribution in [3.8, 4) is 5.75 Å². The highest BCUT2D eigenvalue weighted by molar-refractivity contribution is 7.14. The van der Waals surface area contributed by atoms with E-state index >= 15 is 0 Å². The minimum Gasteiger partial charge on any atom is -0.507 e. The number of benzene rings is 2. The molecule has 3 aromatic rings. The maximum atomic E-state index is 13.0. The van der Waals surface area contributed by atoms with Crippen LogP contribution in [0.25, 0.3) is 5.76 Å². The number of thiazole rings is 1. The predicted molar refractivity (Wildman–Crippen MR) is 116 cm³/mol. The van der Waals surface area contributed by atoms with Gasteiger partial charge in [-0.1, -0.05) is 23.7 Å². The number of anilines is 1. The fourth-order valence-corrected chi connectivity index (χ4v) is 4.15. The number of nitrogens with zero attached hydrogens (tertiary/aromatic N) is 2. The summed E-state index contributed by atoms with van der Waals surface area (Å²) in [6, 6.07) is 12.7. The van der Waals surface area contributed by atoms with E-state index in [0.29, 0.717) is 33.6 Å². The molecular weight excluding hydrogens is 424 g/mol. The van der Waals surface area contributed by atoms with E-state index in [9.17, 15) is 14.7 Å². The molecule has 8 heteroatoms. The number of ketones is 1. The first kappa shape index (κ1) is 20.1. The SMILES string of the molecule is CCOc1ccc(/C(O)=C2\C(=O)C(=O)N(c3nccs3)[C@H]2c2ccc(Cl)cc2)cc1. The van der Waals surface area contributed by atoms with Crippen molar-refractivity contribution in [2.24, 2.45) is 0 Å². The van der Waals surface area contributed by atoms with Gasteiger partial charge in [0, 0.05) is 22.2 Å². The van der Waals surface area contributed by atoms with Crippen molar-refractivity contribution in [3.63, 3.8) is 0 Å². The van der Waals surface area contributed by atoms with E-state index in [2.05, 4.69) is 4.98 Å². The maximum absolute atomic E-state index is 13.0. The van der Waals surface area contributed by atoms with E-state index in [-0.39, 0.29) is 11.3 Å². The molecule has 1 aliphatic heterocycles. The third-order valence-corrected chi connectivity index (χ3v) is 5.72. The van der Waals surface area contributed by atoms with Crippen molar-refractivity contribution in [2.45, 2.75) is 13.0 Å². The summed E-state index contributed by atoms with van der Waals surface area (Å²) in [6.45, 7) is 2.39. The summed E-state index contributed by atoms with van der Waals surface area (Å²) in [4.78, 5) is 31.4. The molecule has 1 saturated heterocycles. The van der Waals surface area contributed by atoms with Crippen LogP contribution in [-0.2, 0) is 9.59 Å². The average molecular weight is 441 g/mol. The summed E-state index contributed by atoms with van der Waals surface area (Å²) >= 11 is 7.26. The lowest BCUT2D eigenvalue weighted by atomic mass is 9.95. The van der Waals surface area contributed by atoms with Gasteiger partial charge in [-0.3, -0.25) is 14.5 Å². The summed E-state index contributed by atoms with van der Waals surface area (Å²) in [5.41, 5.74) is 1.05. The molecule has 152 valence electrons. The van der Waals surface area contributed by atoms with Crippen molar-refractivity contribution < 1.29 is 19.4 Å². The van der Waals surface area contributed by atoms with Gasteiger partial charge in [-0.05, 0) is 48.9 Å². The Labute approximate surface area is 182 Å². The highest BCUT2D eigenvalue weighted by Gasteiger charge is 2.47. The van der Waals surface area contributed by atoms with Crippen molar-refractivity contribution in [2.75, 3.05) is 11.5 Å². The minimum atomic E-state index is -0.819. The molecule has 0 spiro atoms. The molecule has 1 aliphatic rings. The lowest BCUT2D eigenvalue weighted by molar-refractivity contribution is -0.132. The van der Waals surface area contributed by atoms with E-state index in [1.54, 1.807) is 60.1 Å². The van der Waals surface area contributed by atoms with Gasteiger partial charge in [0.15, 0.2) is 5.13 Å². The number of halogens is 1. The Morgan fingerprint density at radius 3 is 2.47 bits per heavy atom.